The molecule has 0 aromatic heterocycles. The van der Waals surface area contributed by atoms with E-state index in [-0.39, 0.29) is 21.4 Å². The standard InChI is InChI=1S/C28H20ClN3O10S3/c29-18-11-12-24(42-19-7-3-1-4-8-19)22(15-18)30-31-27-25(45(39,40)41)14-17-13-21(44(36,37)38)16-23(26(17)28(27)33)32-43(34,35)20-9-5-2-6-10-20/h1-16,30,32H,(H,36,37,38)(H,39,40,41)/b31-27+. The van der Waals surface area contributed by atoms with Crippen LogP contribution in [0.15, 0.2) is 111 Å². The second-order valence-corrected chi connectivity index (χ2v) is 14.2. The summed E-state index contributed by atoms with van der Waals surface area (Å²) in [7, 11) is -14.6. The molecule has 0 atom stereocenters. The Morgan fingerprint density at radius 1 is 0.733 bits per heavy atom. The number of carbonyl (C=O) groups is 1. The number of fused-ring (bicyclic) bond motifs is 1. The van der Waals surface area contributed by atoms with Gasteiger partial charge in [0.15, 0.2) is 11.5 Å². The number of nitrogens with zero attached hydrogens (tertiary/aromatic N) is 1. The maximum Gasteiger partial charge on any atom is 0.296 e. The van der Waals surface area contributed by atoms with Gasteiger partial charge in [0.05, 0.1) is 21.0 Å². The molecule has 0 fully saturated rings. The zero-order valence-corrected chi connectivity index (χ0v) is 25.7. The van der Waals surface area contributed by atoms with Crippen LogP contribution in [-0.2, 0) is 30.3 Å². The lowest BCUT2D eigenvalue weighted by atomic mass is 9.93. The van der Waals surface area contributed by atoms with Gasteiger partial charge in [0, 0.05) is 5.02 Å². The number of ether oxygens (including phenoxy) is 1. The fraction of sp³-hybridized carbons (Fsp3) is 0. The van der Waals surface area contributed by atoms with Gasteiger partial charge in [0.2, 0.25) is 5.78 Å². The minimum absolute atomic E-state index is 0.0684. The first-order chi connectivity index (χ1) is 21.1. The quantitative estimate of drug-likeness (QED) is 0.135. The molecule has 1 aliphatic rings. The molecule has 4 aromatic rings. The Kier molecular flexibility index (Phi) is 8.54. The fourth-order valence-corrected chi connectivity index (χ4v) is 6.65. The van der Waals surface area contributed by atoms with Crippen molar-refractivity contribution in [3.63, 3.8) is 0 Å². The van der Waals surface area contributed by atoms with Crippen molar-refractivity contribution in [2.75, 3.05) is 10.1 Å². The van der Waals surface area contributed by atoms with Gasteiger partial charge in [-0.3, -0.25) is 24.0 Å². The van der Waals surface area contributed by atoms with Gasteiger partial charge < -0.3 is 4.74 Å². The number of ketones is 1. The predicted octanol–water partition coefficient (Wildman–Crippen LogP) is 5.07. The molecule has 0 saturated heterocycles. The molecule has 0 heterocycles. The van der Waals surface area contributed by atoms with Crippen LogP contribution >= 0.6 is 11.6 Å². The molecule has 4 N–H and O–H groups in total. The van der Waals surface area contributed by atoms with E-state index in [1.54, 1.807) is 36.4 Å². The Bertz CT molecular complexity index is 2220. The van der Waals surface area contributed by atoms with Crippen LogP contribution in [-0.4, -0.2) is 45.9 Å². The van der Waals surface area contributed by atoms with E-state index in [4.69, 9.17) is 16.3 Å². The minimum atomic E-state index is -5.20. The van der Waals surface area contributed by atoms with Crippen LogP contribution in [0.3, 0.4) is 0 Å². The van der Waals surface area contributed by atoms with Gasteiger partial charge in [-0.2, -0.15) is 21.9 Å². The number of allylic oxidation sites excluding steroid dienone is 1. The number of sulfonamides is 1. The summed E-state index contributed by atoms with van der Waals surface area (Å²) in [6, 6.07) is 21.1. The summed E-state index contributed by atoms with van der Waals surface area (Å²) >= 11 is 6.13. The van der Waals surface area contributed by atoms with Crippen LogP contribution in [0.5, 0.6) is 11.5 Å². The third kappa shape index (κ3) is 7.06. The van der Waals surface area contributed by atoms with Crippen molar-refractivity contribution in [1.82, 2.24) is 0 Å². The van der Waals surface area contributed by atoms with Gasteiger partial charge in [-0.15, -0.1) is 0 Å². The molecule has 232 valence electrons. The number of para-hydroxylation sites is 1. The van der Waals surface area contributed by atoms with E-state index in [1.165, 1.54) is 42.5 Å². The maximum absolute atomic E-state index is 13.9. The molecule has 0 amide bonds. The number of hydrogen-bond donors (Lipinski definition) is 4. The number of hydrazone groups is 1. The summed E-state index contributed by atoms with van der Waals surface area (Å²) in [5, 5.41) is 4.13. The second-order valence-electron chi connectivity index (χ2n) is 9.27. The van der Waals surface area contributed by atoms with E-state index in [2.05, 4.69) is 15.2 Å². The molecule has 0 spiro atoms. The number of benzene rings is 4. The number of anilines is 2. The molecule has 0 saturated carbocycles. The zero-order chi connectivity index (χ0) is 32.6. The van der Waals surface area contributed by atoms with Gasteiger partial charge in [-0.25, -0.2) is 8.42 Å². The van der Waals surface area contributed by atoms with E-state index in [1.807, 2.05) is 0 Å². The van der Waals surface area contributed by atoms with Crippen LogP contribution in [0.2, 0.25) is 5.02 Å². The predicted molar refractivity (Wildman–Crippen MR) is 166 cm³/mol. The molecule has 0 radical (unpaired) electrons. The number of Topliss-reactive ketones (excluding diaryl/α,β-unsaturated/α-hetero) is 1. The summed E-state index contributed by atoms with van der Waals surface area (Å²) in [4.78, 5) is 11.7. The Morgan fingerprint density at radius 3 is 2.00 bits per heavy atom. The monoisotopic (exact) mass is 689 g/mol. The minimum Gasteiger partial charge on any atom is -0.455 e. The normalized spacial score (nSPS) is 14.4. The van der Waals surface area contributed by atoms with E-state index >= 15 is 0 Å². The van der Waals surface area contributed by atoms with E-state index in [0.717, 1.165) is 6.07 Å². The highest BCUT2D eigenvalue weighted by atomic mass is 35.5. The lowest BCUT2D eigenvalue weighted by Gasteiger charge is -2.21. The molecule has 17 heteroatoms. The van der Waals surface area contributed by atoms with Crippen molar-refractivity contribution in [3.05, 3.63) is 112 Å². The third-order valence-electron chi connectivity index (χ3n) is 6.18. The number of nitrogens with one attached hydrogen (secondary N) is 2. The van der Waals surface area contributed by atoms with Gasteiger partial charge in [0.1, 0.15) is 16.3 Å². The highest BCUT2D eigenvalue weighted by Gasteiger charge is 2.36. The highest BCUT2D eigenvalue weighted by Crippen LogP contribution is 2.36. The number of carbonyl (C=O) groups excluding carboxylic acids is 1. The van der Waals surface area contributed by atoms with E-state index < -0.39 is 68.4 Å². The van der Waals surface area contributed by atoms with Gasteiger partial charge in [-0.1, -0.05) is 48.0 Å². The molecule has 0 aliphatic heterocycles. The van der Waals surface area contributed by atoms with Crippen molar-refractivity contribution in [2.45, 2.75) is 9.79 Å². The van der Waals surface area contributed by atoms with Gasteiger partial charge in [-0.05, 0) is 66.2 Å². The largest absolute Gasteiger partial charge is 0.455 e. The first-order valence-electron chi connectivity index (χ1n) is 12.5. The summed E-state index contributed by atoms with van der Waals surface area (Å²) < 4.78 is 103. The van der Waals surface area contributed by atoms with Crippen molar-refractivity contribution >= 4 is 70.8 Å². The number of rotatable bonds is 9. The smallest absolute Gasteiger partial charge is 0.296 e. The Balaban J connectivity index is 1.65. The number of halogens is 1. The summed E-state index contributed by atoms with van der Waals surface area (Å²) in [6.45, 7) is 0. The molecular formula is C28H20ClN3O10S3. The average molecular weight is 690 g/mol. The van der Waals surface area contributed by atoms with Crippen molar-refractivity contribution in [2.24, 2.45) is 5.10 Å². The Hall–Kier alpha value is -4.58. The molecular weight excluding hydrogens is 670 g/mol. The van der Waals surface area contributed by atoms with E-state index in [0.29, 0.717) is 17.9 Å². The lowest BCUT2D eigenvalue weighted by molar-refractivity contribution is 0.106. The summed E-state index contributed by atoms with van der Waals surface area (Å²) in [5.41, 5.74) is 0.0751. The van der Waals surface area contributed by atoms with Crippen LogP contribution in [0.4, 0.5) is 11.4 Å². The zero-order valence-electron chi connectivity index (χ0n) is 22.4. The molecule has 0 bridgehead atoms. The van der Waals surface area contributed by atoms with Gasteiger partial charge in [0.25, 0.3) is 30.3 Å². The second kappa shape index (κ2) is 12.1. The maximum atomic E-state index is 13.9. The molecule has 4 aromatic carbocycles. The first kappa shape index (κ1) is 31.8. The average Bonchev–Trinajstić information content (AvgIpc) is 2.97. The molecule has 45 heavy (non-hydrogen) atoms. The topological polar surface area (TPSA) is 206 Å². The molecule has 13 nitrogen and oxygen atoms in total. The molecule has 5 rings (SSSR count). The van der Waals surface area contributed by atoms with Crippen LogP contribution < -0.4 is 14.9 Å². The number of hydrogen-bond acceptors (Lipinski definition) is 10. The van der Waals surface area contributed by atoms with Crippen LogP contribution in [0.25, 0.3) is 6.08 Å². The van der Waals surface area contributed by atoms with Crippen molar-refractivity contribution in [1.29, 1.82) is 0 Å². The highest BCUT2D eigenvalue weighted by molar-refractivity contribution is 7.92. The molecule has 1 aliphatic carbocycles. The van der Waals surface area contributed by atoms with Crippen molar-refractivity contribution < 1.29 is 43.9 Å². The fourth-order valence-electron chi connectivity index (χ4n) is 4.19. The van der Waals surface area contributed by atoms with Crippen molar-refractivity contribution in [3.8, 4) is 11.5 Å². The van der Waals surface area contributed by atoms with Gasteiger partial charge >= 0.3 is 0 Å². The SMILES string of the molecule is O=C1/C(=N/Nc2cc(Cl)ccc2Oc2ccccc2)C(S(=O)(=O)O)=Cc2cc(S(=O)(=O)O)cc(NS(=O)(=O)c3ccccc3)c21. The van der Waals surface area contributed by atoms with Crippen LogP contribution in [0.1, 0.15) is 15.9 Å². The summed E-state index contributed by atoms with van der Waals surface area (Å²) in [6.07, 6.45) is 0.709. The summed E-state index contributed by atoms with van der Waals surface area (Å²) in [5.74, 6) is -0.653. The third-order valence-corrected chi connectivity index (χ3v) is 9.49. The lowest BCUT2D eigenvalue weighted by Crippen LogP contribution is -2.29. The van der Waals surface area contributed by atoms with Crippen LogP contribution in [0, 0.1) is 0 Å². The first-order valence-corrected chi connectivity index (χ1v) is 17.2. The molecule has 0 unspecified atom stereocenters. The Labute approximate surface area is 262 Å². The Morgan fingerprint density at radius 2 is 1.38 bits per heavy atom. The van der Waals surface area contributed by atoms with E-state index in [9.17, 15) is 39.2 Å².